The van der Waals surface area contributed by atoms with Crippen LogP contribution >= 0.6 is 11.3 Å². The first-order valence-corrected chi connectivity index (χ1v) is 13.1. The van der Waals surface area contributed by atoms with Gasteiger partial charge in [0.2, 0.25) is 5.69 Å². The minimum absolute atomic E-state index is 0.0150. The zero-order valence-corrected chi connectivity index (χ0v) is 22.6. The van der Waals surface area contributed by atoms with Crippen LogP contribution in [0.1, 0.15) is 52.7 Å². The summed E-state index contributed by atoms with van der Waals surface area (Å²) in [5.74, 6) is 0. The van der Waals surface area contributed by atoms with Gasteiger partial charge in [-0.05, 0) is 56.8 Å². The van der Waals surface area contributed by atoms with Crippen LogP contribution in [0.2, 0.25) is 0 Å². The van der Waals surface area contributed by atoms with Crippen molar-refractivity contribution >= 4 is 38.0 Å². The first kappa shape index (κ1) is 24.2. The van der Waals surface area contributed by atoms with E-state index in [1.54, 1.807) is 17.7 Å². The summed E-state index contributed by atoms with van der Waals surface area (Å²) in [5, 5.41) is 2.46. The summed E-state index contributed by atoms with van der Waals surface area (Å²) in [4.78, 5) is 14.2. The van der Waals surface area contributed by atoms with E-state index >= 15 is 0 Å². The fourth-order valence-electron chi connectivity index (χ4n) is 4.86. The molecule has 0 saturated heterocycles. The summed E-state index contributed by atoms with van der Waals surface area (Å²) in [6.45, 7) is 21.5. The predicted molar refractivity (Wildman–Crippen MR) is 154 cm³/mol. The third kappa shape index (κ3) is 4.52. The summed E-state index contributed by atoms with van der Waals surface area (Å²) in [6, 6.07) is 21.7. The molecule has 36 heavy (non-hydrogen) atoms. The molecule has 0 aliphatic carbocycles. The Morgan fingerprint density at radius 3 is 2.25 bits per heavy atom. The number of rotatable bonds is 3. The van der Waals surface area contributed by atoms with E-state index in [4.69, 9.17) is 11.6 Å². The molecule has 3 aromatic carbocycles. The smallest absolute Gasteiger partial charge is 0.231 e. The van der Waals surface area contributed by atoms with Gasteiger partial charge in [-0.1, -0.05) is 90.1 Å². The number of thiophene rings is 1. The number of benzene rings is 3. The molecule has 0 amide bonds. The Kier molecular flexibility index (Phi) is 5.93. The van der Waals surface area contributed by atoms with Crippen molar-refractivity contribution in [3.8, 4) is 21.7 Å². The first-order valence-electron chi connectivity index (χ1n) is 12.3. The molecule has 0 N–H and O–H groups in total. The van der Waals surface area contributed by atoms with Crippen LogP contribution in [-0.2, 0) is 11.8 Å². The molecule has 5 rings (SSSR count). The van der Waals surface area contributed by atoms with Crippen LogP contribution < -0.4 is 0 Å². The zero-order valence-electron chi connectivity index (χ0n) is 21.8. The van der Waals surface area contributed by atoms with Gasteiger partial charge in [0.25, 0.3) is 0 Å². The molecule has 4 heteroatoms. The number of aromatic nitrogens is 2. The lowest BCUT2D eigenvalue weighted by molar-refractivity contribution is 0.411. The molecule has 2 aromatic heterocycles. The van der Waals surface area contributed by atoms with E-state index in [-0.39, 0.29) is 10.8 Å². The Morgan fingerprint density at radius 1 is 0.861 bits per heavy atom. The summed E-state index contributed by atoms with van der Waals surface area (Å²) < 4.78 is 0.965. The van der Waals surface area contributed by atoms with Crippen LogP contribution in [0.15, 0.2) is 67.0 Å². The summed E-state index contributed by atoms with van der Waals surface area (Å²) >= 11 is 1.62. The molecule has 180 valence electrons. The maximum atomic E-state index is 7.96. The van der Waals surface area contributed by atoms with E-state index in [1.807, 2.05) is 0 Å². The topological polar surface area (TPSA) is 30.1 Å². The van der Waals surface area contributed by atoms with E-state index in [2.05, 4.69) is 112 Å². The molecule has 0 spiro atoms. The maximum absolute atomic E-state index is 7.96. The van der Waals surface area contributed by atoms with Crippen molar-refractivity contribution in [3.63, 3.8) is 0 Å². The van der Waals surface area contributed by atoms with Crippen molar-refractivity contribution in [1.29, 1.82) is 0 Å². The molecule has 0 aliphatic rings. The van der Waals surface area contributed by atoms with Gasteiger partial charge in [0, 0.05) is 10.4 Å². The highest BCUT2D eigenvalue weighted by Gasteiger charge is 2.22. The van der Waals surface area contributed by atoms with E-state index in [0.29, 0.717) is 5.69 Å². The normalized spacial score (nSPS) is 12.2. The highest BCUT2D eigenvalue weighted by molar-refractivity contribution is 7.23. The molecule has 0 atom stereocenters. The second-order valence-corrected chi connectivity index (χ2v) is 12.7. The lowest BCUT2D eigenvalue weighted by Gasteiger charge is -2.22. The summed E-state index contributed by atoms with van der Waals surface area (Å²) in [7, 11) is 0. The minimum atomic E-state index is -0.0150. The van der Waals surface area contributed by atoms with Gasteiger partial charge in [-0.3, -0.25) is 0 Å². The maximum Gasteiger partial charge on any atom is 0.231 e. The second-order valence-electron chi connectivity index (χ2n) is 11.7. The molecular weight excluding hydrogens is 458 g/mol. The summed E-state index contributed by atoms with van der Waals surface area (Å²) in [5.41, 5.74) is 7.18. The largest absolute Gasteiger partial charge is 0.247 e. The van der Waals surface area contributed by atoms with E-state index in [1.165, 1.54) is 21.9 Å². The quantitative estimate of drug-likeness (QED) is 0.236. The Labute approximate surface area is 217 Å². The van der Waals surface area contributed by atoms with Gasteiger partial charge >= 0.3 is 0 Å². The van der Waals surface area contributed by atoms with Crippen LogP contribution in [0.25, 0.3) is 47.5 Å². The molecular formula is C32H31N3S. The van der Waals surface area contributed by atoms with Crippen molar-refractivity contribution in [1.82, 2.24) is 9.97 Å². The second kappa shape index (κ2) is 8.84. The fourth-order valence-corrected chi connectivity index (χ4v) is 6.07. The number of hydrogen-bond donors (Lipinski definition) is 0. The average Bonchev–Trinajstić information content (AvgIpc) is 3.21. The Bertz CT molecular complexity index is 1620. The number of hydrogen-bond acceptors (Lipinski definition) is 3. The van der Waals surface area contributed by atoms with Crippen molar-refractivity contribution < 1.29 is 0 Å². The van der Waals surface area contributed by atoms with E-state index in [9.17, 15) is 0 Å². The molecule has 0 bridgehead atoms. The molecule has 0 unspecified atom stereocenters. The van der Waals surface area contributed by atoms with Gasteiger partial charge in [-0.25, -0.2) is 14.8 Å². The number of nitrogens with zero attached hydrogens (tertiary/aromatic N) is 3. The van der Waals surface area contributed by atoms with Gasteiger partial charge in [0.15, 0.2) is 0 Å². The molecule has 0 aliphatic heterocycles. The SMILES string of the molecule is [C-]#[N+]c1c(-c2ccc(CC(C)(C)C)cc2)sc2c(-c3cc(C(C)(C)C)c4ccccc4c3)ncnc12. The van der Waals surface area contributed by atoms with Crippen LogP contribution in [0, 0.1) is 12.0 Å². The standard InChI is InChI=1S/C32H31N3S/c1-31(2,3)18-20-12-14-21(15-13-20)29-27(33-7)28-30(36-29)26(34-19-35-28)23-16-22-10-8-9-11-24(22)25(17-23)32(4,5)6/h8-17,19H,18H2,1-6H3. The summed E-state index contributed by atoms with van der Waals surface area (Å²) in [6.07, 6.45) is 2.62. The lowest BCUT2D eigenvalue weighted by atomic mass is 9.82. The monoisotopic (exact) mass is 489 g/mol. The zero-order chi connectivity index (χ0) is 25.7. The van der Waals surface area contributed by atoms with Crippen molar-refractivity contribution in [3.05, 3.63) is 89.5 Å². The highest BCUT2D eigenvalue weighted by atomic mass is 32.1. The van der Waals surface area contributed by atoms with Gasteiger partial charge in [-0.15, -0.1) is 11.3 Å². The third-order valence-corrected chi connectivity index (χ3v) is 7.68. The molecule has 5 aromatic rings. The van der Waals surface area contributed by atoms with Crippen molar-refractivity contribution in [2.45, 2.75) is 53.4 Å². The number of fused-ring (bicyclic) bond motifs is 2. The predicted octanol–water partition coefficient (Wildman–Crippen LogP) is 9.62. The lowest BCUT2D eigenvalue weighted by Crippen LogP contribution is -2.12. The van der Waals surface area contributed by atoms with Crippen LogP contribution in [0.5, 0.6) is 0 Å². The molecule has 3 nitrogen and oxygen atoms in total. The average molecular weight is 490 g/mol. The van der Waals surface area contributed by atoms with Crippen LogP contribution in [0.3, 0.4) is 0 Å². The van der Waals surface area contributed by atoms with E-state index < -0.39 is 0 Å². The Hall–Kier alpha value is -3.55. The minimum Gasteiger partial charge on any atom is -0.247 e. The Balaban J connectivity index is 1.69. The molecule has 0 radical (unpaired) electrons. The molecule has 2 heterocycles. The fraction of sp³-hybridized carbons (Fsp3) is 0.281. The first-order chi connectivity index (χ1) is 17.0. The van der Waals surface area contributed by atoms with Gasteiger partial charge < -0.3 is 0 Å². The van der Waals surface area contributed by atoms with Crippen LogP contribution in [-0.4, -0.2) is 9.97 Å². The van der Waals surface area contributed by atoms with Gasteiger partial charge in [-0.2, -0.15) is 0 Å². The highest BCUT2D eigenvalue weighted by Crippen LogP contribution is 2.47. The van der Waals surface area contributed by atoms with Crippen molar-refractivity contribution in [2.24, 2.45) is 5.41 Å². The molecule has 0 saturated carbocycles. The van der Waals surface area contributed by atoms with Gasteiger partial charge in [0.1, 0.15) is 6.33 Å². The van der Waals surface area contributed by atoms with Gasteiger partial charge in [0.05, 0.1) is 22.5 Å². The van der Waals surface area contributed by atoms with Crippen LogP contribution in [0.4, 0.5) is 5.69 Å². The van der Waals surface area contributed by atoms with Crippen molar-refractivity contribution in [2.75, 3.05) is 0 Å². The molecule has 0 fully saturated rings. The third-order valence-electron chi connectivity index (χ3n) is 6.45. The Morgan fingerprint density at radius 2 is 1.58 bits per heavy atom. The van der Waals surface area contributed by atoms with E-state index in [0.717, 1.165) is 38.3 Å².